The molecule has 0 aliphatic rings. The molecule has 6 heteroatoms. The zero-order chi connectivity index (χ0) is 14.4. The molecule has 0 spiro atoms. The van der Waals surface area contributed by atoms with Gasteiger partial charge in [0.25, 0.3) is 5.91 Å². The molecule has 2 aromatic rings. The Morgan fingerprint density at radius 1 is 1.20 bits per heavy atom. The summed E-state index contributed by atoms with van der Waals surface area (Å²) in [5, 5.41) is 6.36. The molecule has 5 nitrogen and oxygen atoms in total. The van der Waals surface area contributed by atoms with E-state index in [2.05, 4.69) is 15.6 Å². The summed E-state index contributed by atoms with van der Waals surface area (Å²) >= 11 is 5.95. The van der Waals surface area contributed by atoms with Crippen LogP contribution in [-0.2, 0) is 0 Å². The summed E-state index contributed by atoms with van der Waals surface area (Å²) in [4.78, 5) is 15.8. The summed E-state index contributed by atoms with van der Waals surface area (Å²) in [6.45, 7) is 1.07. The molecular weight excluding hydrogens is 276 g/mol. The number of amides is 1. The number of anilines is 2. The summed E-state index contributed by atoms with van der Waals surface area (Å²) in [6.07, 6.45) is 1.64. The van der Waals surface area contributed by atoms with Crippen LogP contribution >= 0.6 is 11.6 Å². The maximum atomic E-state index is 11.9. The minimum absolute atomic E-state index is 0.187. The van der Waals surface area contributed by atoms with E-state index in [1.165, 1.54) is 0 Å². The predicted octanol–water partition coefficient (Wildman–Crippen LogP) is 2.16. The molecule has 20 heavy (non-hydrogen) atoms. The maximum Gasteiger partial charge on any atom is 0.252 e. The number of hydrogen-bond acceptors (Lipinski definition) is 4. The van der Waals surface area contributed by atoms with Gasteiger partial charge in [0.05, 0.1) is 22.5 Å². The van der Waals surface area contributed by atoms with Crippen molar-refractivity contribution < 1.29 is 4.79 Å². The number of nitrogens with one attached hydrogen (secondary N) is 2. The van der Waals surface area contributed by atoms with Crippen molar-refractivity contribution in [2.24, 2.45) is 0 Å². The number of rotatable bonds is 5. The monoisotopic (exact) mass is 290 g/mol. The van der Waals surface area contributed by atoms with Crippen molar-refractivity contribution in [2.45, 2.75) is 0 Å². The van der Waals surface area contributed by atoms with Crippen molar-refractivity contribution in [1.29, 1.82) is 0 Å². The number of pyridine rings is 1. The van der Waals surface area contributed by atoms with Gasteiger partial charge in [0.15, 0.2) is 0 Å². The minimum Gasteiger partial charge on any atom is -0.384 e. The largest absolute Gasteiger partial charge is 0.384 e. The van der Waals surface area contributed by atoms with Crippen LogP contribution in [0.2, 0.25) is 5.02 Å². The molecule has 1 aromatic carbocycles. The van der Waals surface area contributed by atoms with Gasteiger partial charge in [0.1, 0.15) is 5.82 Å². The van der Waals surface area contributed by atoms with E-state index in [1.807, 2.05) is 6.07 Å². The molecule has 0 aliphatic carbocycles. The summed E-state index contributed by atoms with van der Waals surface area (Å²) < 4.78 is 0. The molecule has 0 bridgehead atoms. The number of carbonyl (C=O) groups is 1. The molecule has 0 saturated carbocycles. The number of benzene rings is 1. The molecule has 0 aliphatic heterocycles. The second kappa shape index (κ2) is 6.77. The van der Waals surface area contributed by atoms with E-state index in [-0.39, 0.29) is 5.91 Å². The van der Waals surface area contributed by atoms with Gasteiger partial charge in [-0.05, 0) is 24.3 Å². The Hall–Kier alpha value is -2.27. The molecule has 1 amide bonds. The van der Waals surface area contributed by atoms with E-state index >= 15 is 0 Å². The first-order chi connectivity index (χ1) is 9.66. The molecule has 0 unspecified atom stereocenters. The SMILES string of the molecule is Nc1ccc(NCCNC(=O)c2ccccc2Cl)cn1. The van der Waals surface area contributed by atoms with Crippen molar-refractivity contribution >= 4 is 29.0 Å². The van der Waals surface area contributed by atoms with Crippen LogP contribution in [0.5, 0.6) is 0 Å². The minimum atomic E-state index is -0.187. The molecule has 4 N–H and O–H groups in total. The van der Waals surface area contributed by atoms with Gasteiger partial charge >= 0.3 is 0 Å². The fourth-order valence-corrected chi connectivity index (χ4v) is 1.85. The Morgan fingerprint density at radius 3 is 2.70 bits per heavy atom. The van der Waals surface area contributed by atoms with Crippen molar-refractivity contribution in [3.8, 4) is 0 Å². The molecule has 0 saturated heterocycles. The molecule has 0 fully saturated rings. The van der Waals surface area contributed by atoms with Gasteiger partial charge in [0.2, 0.25) is 0 Å². The van der Waals surface area contributed by atoms with E-state index in [9.17, 15) is 4.79 Å². The summed E-state index contributed by atoms with van der Waals surface area (Å²) in [5.41, 5.74) is 6.82. The zero-order valence-electron chi connectivity index (χ0n) is 10.8. The summed E-state index contributed by atoms with van der Waals surface area (Å²) in [7, 11) is 0. The second-order valence-corrected chi connectivity index (χ2v) is 4.54. The number of nitrogens with zero attached hydrogens (tertiary/aromatic N) is 1. The fourth-order valence-electron chi connectivity index (χ4n) is 1.63. The first kappa shape index (κ1) is 14.1. The lowest BCUT2D eigenvalue weighted by Crippen LogP contribution is -2.28. The van der Waals surface area contributed by atoms with Gasteiger partial charge in [-0.2, -0.15) is 0 Å². The third-order valence-electron chi connectivity index (χ3n) is 2.64. The number of nitrogens with two attached hydrogens (primary N) is 1. The van der Waals surface area contributed by atoms with Gasteiger partial charge in [-0.15, -0.1) is 0 Å². The molecule has 1 heterocycles. The first-order valence-electron chi connectivity index (χ1n) is 6.15. The van der Waals surface area contributed by atoms with E-state index in [0.29, 0.717) is 29.5 Å². The van der Waals surface area contributed by atoms with Crippen LogP contribution in [0, 0.1) is 0 Å². The van der Waals surface area contributed by atoms with E-state index in [4.69, 9.17) is 17.3 Å². The van der Waals surface area contributed by atoms with Crippen LogP contribution in [0.15, 0.2) is 42.6 Å². The highest BCUT2D eigenvalue weighted by Crippen LogP contribution is 2.14. The molecule has 2 rings (SSSR count). The topological polar surface area (TPSA) is 80.0 Å². The van der Waals surface area contributed by atoms with E-state index in [1.54, 1.807) is 36.5 Å². The van der Waals surface area contributed by atoms with Crippen LogP contribution < -0.4 is 16.4 Å². The third kappa shape index (κ3) is 3.86. The van der Waals surface area contributed by atoms with Crippen LogP contribution in [0.4, 0.5) is 11.5 Å². The lowest BCUT2D eigenvalue weighted by Gasteiger charge is -2.08. The van der Waals surface area contributed by atoms with Crippen LogP contribution in [0.3, 0.4) is 0 Å². The smallest absolute Gasteiger partial charge is 0.252 e. The highest BCUT2D eigenvalue weighted by atomic mass is 35.5. The average molecular weight is 291 g/mol. The second-order valence-electron chi connectivity index (χ2n) is 4.13. The molecule has 104 valence electrons. The molecule has 0 radical (unpaired) electrons. The van der Waals surface area contributed by atoms with Crippen LogP contribution in [-0.4, -0.2) is 24.0 Å². The Balaban J connectivity index is 1.77. The lowest BCUT2D eigenvalue weighted by atomic mass is 10.2. The molecule has 0 atom stereocenters. The summed E-state index contributed by atoms with van der Waals surface area (Å²) in [6, 6.07) is 10.5. The van der Waals surface area contributed by atoms with E-state index < -0.39 is 0 Å². The van der Waals surface area contributed by atoms with E-state index in [0.717, 1.165) is 5.69 Å². The number of halogens is 1. The van der Waals surface area contributed by atoms with Crippen LogP contribution in [0.25, 0.3) is 0 Å². The average Bonchev–Trinajstić information content (AvgIpc) is 2.46. The first-order valence-corrected chi connectivity index (χ1v) is 6.53. The molecule has 1 aromatic heterocycles. The maximum absolute atomic E-state index is 11.9. The molecular formula is C14H15ClN4O. The highest BCUT2D eigenvalue weighted by Gasteiger charge is 2.07. The number of aromatic nitrogens is 1. The fraction of sp³-hybridized carbons (Fsp3) is 0.143. The Morgan fingerprint density at radius 2 is 2.00 bits per heavy atom. The normalized spacial score (nSPS) is 10.1. The highest BCUT2D eigenvalue weighted by molar-refractivity contribution is 6.33. The van der Waals surface area contributed by atoms with Crippen molar-refractivity contribution in [3.05, 3.63) is 53.2 Å². The van der Waals surface area contributed by atoms with Crippen LogP contribution in [0.1, 0.15) is 10.4 Å². The third-order valence-corrected chi connectivity index (χ3v) is 2.97. The lowest BCUT2D eigenvalue weighted by molar-refractivity contribution is 0.0955. The Labute approximate surface area is 122 Å². The Kier molecular flexibility index (Phi) is 4.79. The van der Waals surface area contributed by atoms with Crippen molar-refractivity contribution in [2.75, 3.05) is 24.1 Å². The van der Waals surface area contributed by atoms with Gasteiger partial charge in [0, 0.05) is 13.1 Å². The predicted molar refractivity (Wildman–Crippen MR) is 80.9 cm³/mol. The van der Waals surface area contributed by atoms with Crippen molar-refractivity contribution in [3.63, 3.8) is 0 Å². The standard InChI is InChI=1S/C14H15ClN4O/c15-12-4-2-1-3-11(12)14(20)18-8-7-17-10-5-6-13(16)19-9-10/h1-6,9,17H,7-8H2,(H2,16,19)(H,18,20). The number of nitrogen functional groups attached to an aromatic ring is 1. The van der Waals surface area contributed by atoms with Gasteiger partial charge in [-0.3, -0.25) is 4.79 Å². The van der Waals surface area contributed by atoms with Gasteiger partial charge in [-0.25, -0.2) is 4.98 Å². The van der Waals surface area contributed by atoms with Gasteiger partial charge < -0.3 is 16.4 Å². The van der Waals surface area contributed by atoms with Crippen molar-refractivity contribution in [1.82, 2.24) is 10.3 Å². The number of carbonyl (C=O) groups excluding carboxylic acids is 1. The Bertz CT molecular complexity index is 586. The summed E-state index contributed by atoms with van der Waals surface area (Å²) in [5.74, 6) is 0.287. The van der Waals surface area contributed by atoms with Gasteiger partial charge in [-0.1, -0.05) is 23.7 Å². The zero-order valence-corrected chi connectivity index (χ0v) is 11.5. The quantitative estimate of drug-likeness (QED) is 0.737. The number of hydrogen-bond donors (Lipinski definition) is 3.